The lowest BCUT2D eigenvalue weighted by molar-refractivity contribution is -0.161. The largest absolute Gasteiger partial charge is 0.472 e. The third kappa shape index (κ3) is 58.3. The summed E-state index contributed by atoms with van der Waals surface area (Å²) < 4.78 is 67.8. The third-order valence-corrected chi connectivity index (χ3v) is 16.1. The first-order valence-electron chi connectivity index (χ1n) is 33.0. The molecule has 0 aromatic heterocycles. The number of phosphoric ester groups is 2. The van der Waals surface area contributed by atoms with Crippen molar-refractivity contribution in [3.8, 4) is 0 Å². The Bertz CT molecular complexity index is 1710. The van der Waals surface area contributed by atoms with Gasteiger partial charge in [0.1, 0.15) is 19.3 Å². The zero-order valence-electron chi connectivity index (χ0n) is 52.8. The van der Waals surface area contributed by atoms with Crippen molar-refractivity contribution in [3.05, 3.63) is 24.3 Å². The van der Waals surface area contributed by atoms with E-state index in [2.05, 4.69) is 58.9 Å². The first kappa shape index (κ1) is 80.5. The second kappa shape index (κ2) is 57.3. The van der Waals surface area contributed by atoms with E-state index in [0.717, 1.165) is 116 Å². The van der Waals surface area contributed by atoms with E-state index in [-0.39, 0.29) is 25.7 Å². The standard InChI is InChI=1S/C64H120O17P2/c1-6-9-12-15-18-20-22-23-24-25-27-29-34-39-44-49-63(68)80-60(54-75-62(67)48-43-38-33-28-26-21-19-16-13-10-7-2)56-79-83(72,73)77-52-58(65)51-76-82(70,71)78-55-59(53-74-61(66)47-42-37-31-17-14-11-8-3)81-64(69)50-45-40-35-30-32-36-41-46-57(4)5/h20,22-24,57-60,65H,6-19,21,25-56H2,1-5H3,(H,70,71)(H,72,73)/b22-20-,24-23-/t58-,59+,60+/m0/s1. The molecule has 0 amide bonds. The van der Waals surface area contributed by atoms with Gasteiger partial charge in [0, 0.05) is 25.7 Å². The van der Waals surface area contributed by atoms with E-state index in [1.54, 1.807) is 0 Å². The van der Waals surface area contributed by atoms with Crippen molar-refractivity contribution in [2.24, 2.45) is 5.92 Å². The van der Waals surface area contributed by atoms with Gasteiger partial charge in [0.2, 0.25) is 0 Å². The molecule has 488 valence electrons. The van der Waals surface area contributed by atoms with Crippen LogP contribution in [0, 0.1) is 5.92 Å². The summed E-state index contributed by atoms with van der Waals surface area (Å²) in [4.78, 5) is 72.0. The van der Waals surface area contributed by atoms with Gasteiger partial charge in [0.05, 0.1) is 26.4 Å². The SMILES string of the molecule is CCCCCC/C=C\C=C/CCCCCCCC(=O)O[C@H](COC(=O)CCCCCCCCCCCCC)COP(=O)(O)OC[C@@H](O)COP(=O)(O)OC[C@@H](COC(=O)CCCCCCCCC)OC(=O)CCCCCCCCCC(C)C. The molecule has 0 saturated heterocycles. The van der Waals surface area contributed by atoms with Crippen LogP contribution in [-0.2, 0) is 65.4 Å². The van der Waals surface area contributed by atoms with Crippen molar-refractivity contribution in [1.29, 1.82) is 0 Å². The molecule has 0 aliphatic rings. The molecule has 83 heavy (non-hydrogen) atoms. The smallest absolute Gasteiger partial charge is 0.462 e. The van der Waals surface area contributed by atoms with Crippen LogP contribution < -0.4 is 0 Å². The number of ether oxygens (including phenoxy) is 4. The summed E-state index contributed by atoms with van der Waals surface area (Å²) in [5.74, 6) is -1.48. The number of aliphatic hydroxyl groups excluding tert-OH is 1. The number of hydrogen-bond acceptors (Lipinski definition) is 15. The quantitative estimate of drug-likeness (QED) is 0.0169. The molecule has 0 bridgehead atoms. The minimum atomic E-state index is -4.95. The summed E-state index contributed by atoms with van der Waals surface area (Å²) >= 11 is 0. The topological polar surface area (TPSA) is 237 Å². The van der Waals surface area contributed by atoms with E-state index >= 15 is 0 Å². The van der Waals surface area contributed by atoms with Crippen LogP contribution in [0.15, 0.2) is 24.3 Å². The van der Waals surface area contributed by atoms with E-state index in [9.17, 15) is 43.2 Å². The maximum Gasteiger partial charge on any atom is 0.472 e. The van der Waals surface area contributed by atoms with Gasteiger partial charge in [-0.15, -0.1) is 0 Å². The molecular weight excluding hydrogens is 1100 g/mol. The second-order valence-electron chi connectivity index (χ2n) is 22.9. The zero-order chi connectivity index (χ0) is 61.3. The fourth-order valence-corrected chi connectivity index (χ4v) is 10.6. The molecule has 2 unspecified atom stereocenters. The monoisotopic (exact) mass is 1220 g/mol. The highest BCUT2D eigenvalue weighted by molar-refractivity contribution is 7.47. The lowest BCUT2D eigenvalue weighted by Crippen LogP contribution is -2.30. The summed E-state index contributed by atoms with van der Waals surface area (Å²) in [5, 5.41) is 10.5. The minimum absolute atomic E-state index is 0.0850. The van der Waals surface area contributed by atoms with Crippen LogP contribution in [0.25, 0.3) is 0 Å². The lowest BCUT2D eigenvalue weighted by Gasteiger charge is -2.21. The molecule has 0 aromatic carbocycles. The summed E-state index contributed by atoms with van der Waals surface area (Å²) in [6.45, 7) is 7.02. The van der Waals surface area contributed by atoms with Crippen LogP contribution in [0.3, 0.4) is 0 Å². The van der Waals surface area contributed by atoms with E-state index in [1.807, 2.05) is 0 Å². The summed E-state index contributed by atoms with van der Waals surface area (Å²) in [6, 6.07) is 0. The molecule has 0 aromatic rings. The Labute approximate surface area is 503 Å². The second-order valence-corrected chi connectivity index (χ2v) is 25.8. The molecule has 0 saturated carbocycles. The Morgan fingerprint density at radius 3 is 0.988 bits per heavy atom. The first-order chi connectivity index (χ1) is 40.0. The number of rotatable bonds is 62. The maximum absolute atomic E-state index is 13.0. The Morgan fingerprint density at radius 2 is 0.651 bits per heavy atom. The van der Waals surface area contributed by atoms with Gasteiger partial charge in [0.15, 0.2) is 12.2 Å². The number of unbranched alkanes of at least 4 members (excludes halogenated alkanes) is 31. The molecule has 19 heteroatoms. The van der Waals surface area contributed by atoms with Gasteiger partial charge in [-0.25, -0.2) is 9.13 Å². The lowest BCUT2D eigenvalue weighted by atomic mass is 10.0. The average molecular weight is 1220 g/mol. The van der Waals surface area contributed by atoms with Gasteiger partial charge in [-0.1, -0.05) is 245 Å². The highest BCUT2D eigenvalue weighted by Gasteiger charge is 2.30. The molecule has 0 radical (unpaired) electrons. The molecule has 3 N–H and O–H groups in total. The van der Waals surface area contributed by atoms with Crippen molar-refractivity contribution >= 4 is 39.5 Å². The summed E-state index contributed by atoms with van der Waals surface area (Å²) in [5.41, 5.74) is 0. The highest BCUT2D eigenvalue weighted by Crippen LogP contribution is 2.45. The van der Waals surface area contributed by atoms with Gasteiger partial charge in [0.25, 0.3) is 0 Å². The molecule has 0 spiro atoms. The predicted molar refractivity (Wildman–Crippen MR) is 331 cm³/mol. The summed E-state index contributed by atoms with van der Waals surface area (Å²) in [7, 11) is -9.89. The fourth-order valence-electron chi connectivity index (χ4n) is 9.04. The average Bonchev–Trinajstić information content (AvgIpc) is 3.46. The van der Waals surface area contributed by atoms with Crippen molar-refractivity contribution in [2.75, 3.05) is 39.6 Å². The molecule has 0 aliphatic carbocycles. The maximum atomic E-state index is 13.0. The number of esters is 4. The highest BCUT2D eigenvalue weighted by atomic mass is 31.2. The molecule has 0 fully saturated rings. The van der Waals surface area contributed by atoms with Crippen LogP contribution in [0.5, 0.6) is 0 Å². The Balaban J connectivity index is 5.25. The molecule has 17 nitrogen and oxygen atoms in total. The number of aliphatic hydroxyl groups is 1. The van der Waals surface area contributed by atoms with Crippen molar-refractivity contribution in [2.45, 2.75) is 316 Å². The van der Waals surface area contributed by atoms with Gasteiger partial charge in [-0.05, 0) is 57.3 Å². The van der Waals surface area contributed by atoms with Gasteiger partial charge in [-0.2, -0.15) is 0 Å². The minimum Gasteiger partial charge on any atom is -0.462 e. The van der Waals surface area contributed by atoms with E-state index in [0.29, 0.717) is 31.6 Å². The number of carbonyl (C=O) groups is 4. The Hall–Kier alpha value is -2.46. The van der Waals surface area contributed by atoms with Gasteiger partial charge in [-0.3, -0.25) is 37.3 Å². The van der Waals surface area contributed by atoms with Crippen LogP contribution in [0.1, 0.15) is 298 Å². The molecule has 0 rings (SSSR count). The van der Waals surface area contributed by atoms with Crippen molar-refractivity contribution in [3.63, 3.8) is 0 Å². The van der Waals surface area contributed by atoms with Crippen molar-refractivity contribution < 1.29 is 80.2 Å². The molecule has 5 atom stereocenters. The van der Waals surface area contributed by atoms with E-state index in [4.69, 9.17) is 37.0 Å². The van der Waals surface area contributed by atoms with Crippen LogP contribution in [-0.4, -0.2) is 96.7 Å². The van der Waals surface area contributed by atoms with Gasteiger partial charge < -0.3 is 33.8 Å². The van der Waals surface area contributed by atoms with E-state index < -0.39 is 97.5 Å². The molecule has 0 aliphatic heterocycles. The van der Waals surface area contributed by atoms with E-state index in [1.165, 1.54) is 96.3 Å². The predicted octanol–water partition coefficient (Wildman–Crippen LogP) is 17.3. The van der Waals surface area contributed by atoms with Crippen molar-refractivity contribution in [1.82, 2.24) is 0 Å². The fraction of sp³-hybridized carbons (Fsp3) is 0.875. The number of hydrogen-bond donors (Lipinski definition) is 3. The van der Waals surface area contributed by atoms with Crippen LogP contribution >= 0.6 is 15.6 Å². The Kier molecular flexibility index (Phi) is 55.6. The van der Waals surface area contributed by atoms with Crippen LogP contribution in [0.2, 0.25) is 0 Å². The third-order valence-electron chi connectivity index (χ3n) is 14.2. The zero-order valence-corrected chi connectivity index (χ0v) is 54.6. The number of allylic oxidation sites excluding steroid dienone is 4. The molecular formula is C64H120O17P2. The normalized spacial score (nSPS) is 14.4. The summed E-state index contributed by atoms with van der Waals surface area (Å²) in [6.07, 6.45) is 44.1. The van der Waals surface area contributed by atoms with Crippen LogP contribution in [0.4, 0.5) is 0 Å². The Morgan fingerprint density at radius 1 is 0.373 bits per heavy atom. The number of phosphoric acid groups is 2. The van der Waals surface area contributed by atoms with Gasteiger partial charge >= 0.3 is 39.5 Å². The number of carbonyl (C=O) groups excluding carboxylic acids is 4. The molecule has 0 heterocycles. The first-order valence-corrected chi connectivity index (χ1v) is 35.9.